The third-order valence-electron chi connectivity index (χ3n) is 4.64. The fourth-order valence-electron chi connectivity index (χ4n) is 3.35. The molecule has 0 saturated carbocycles. The van der Waals surface area contributed by atoms with Crippen molar-refractivity contribution >= 4 is 32.7 Å². The van der Waals surface area contributed by atoms with Gasteiger partial charge in [-0.2, -0.15) is 0 Å². The van der Waals surface area contributed by atoms with Crippen LogP contribution in [0.25, 0.3) is 16.7 Å². The van der Waals surface area contributed by atoms with E-state index < -0.39 is 16.0 Å². The second-order valence-electron chi connectivity index (χ2n) is 7.06. The average molecular weight is 416 g/mol. The van der Waals surface area contributed by atoms with Gasteiger partial charge in [-0.15, -0.1) is 0 Å². The zero-order valence-electron chi connectivity index (χ0n) is 16.6. The van der Waals surface area contributed by atoms with E-state index in [0.29, 0.717) is 12.1 Å². The zero-order valence-corrected chi connectivity index (χ0v) is 17.4. The van der Waals surface area contributed by atoms with Crippen LogP contribution >= 0.6 is 0 Å². The minimum Gasteiger partial charge on any atom is -0.481 e. The van der Waals surface area contributed by atoms with Gasteiger partial charge in [0.2, 0.25) is 10.0 Å². The van der Waals surface area contributed by atoms with Gasteiger partial charge in [-0.1, -0.05) is 19.1 Å². The lowest BCUT2D eigenvalue weighted by atomic mass is 10.1. The maximum atomic E-state index is 11.5. The fraction of sp³-hybridized carbons (Fsp3) is 0.333. The van der Waals surface area contributed by atoms with Gasteiger partial charge in [0.15, 0.2) is 0 Å². The Morgan fingerprint density at radius 1 is 1.14 bits per heavy atom. The van der Waals surface area contributed by atoms with Crippen molar-refractivity contribution in [2.75, 3.05) is 11.0 Å². The number of nitrogens with zero attached hydrogens (tertiary/aromatic N) is 2. The van der Waals surface area contributed by atoms with Crippen LogP contribution in [0.3, 0.4) is 0 Å². The molecule has 29 heavy (non-hydrogen) atoms. The first kappa shape index (κ1) is 20.9. The molecule has 0 radical (unpaired) electrons. The van der Waals surface area contributed by atoms with Crippen molar-refractivity contribution in [1.82, 2.24) is 9.55 Å². The van der Waals surface area contributed by atoms with Gasteiger partial charge in [0.25, 0.3) is 0 Å². The molecule has 8 heteroatoms. The molecule has 0 bridgehead atoms. The maximum Gasteiger partial charge on any atom is 0.303 e. The van der Waals surface area contributed by atoms with Crippen LogP contribution in [0.1, 0.15) is 37.6 Å². The predicted molar refractivity (Wildman–Crippen MR) is 114 cm³/mol. The second-order valence-corrected chi connectivity index (χ2v) is 8.81. The van der Waals surface area contributed by atoms with E-state index in [2.05, 4.69) is 26.4 Å². The van der Waals surface area contributed by atoms with Crippen molar-refractivity contribution in [2.24, 2.45) is 0 Å². The quantitative estimate of drug-likeness (QED) is 0.518. The number of sulfonamides is 1. The van der Waals surface area contributed by atoms with E-state index in [-0.39, 0.29) is 6.42 Å². The first-order valence-electron chi connectivity index (χ1n) is 9.57. The van der Waals surface area contributed by atoms with Gasteiger partial charge in [-0.25, -0.2) is 13.4 Å². The molecule has 3 rings (SSSR count). The molecule has 3 aromatic rings. The van der Waals surface area contributed by atoms with Crippen molar-refractivity contribution in [3.63, 3.8) is 0 Å². The molecule has 1 aromatic heterocycles. The average Bonchev–Trinajstić information content (AvgIpc) is 3.02. The number of aryl methyl sites for hydroxylation is 2. The molecular weight excluding hydrogens is 390 g/mol. The summed E-state index contributed by atoms with van der Waals surface area (Å²) in [5.41, 5.74) is 4.29. The van der Waals surface area contributed by atoms with E-state index in [1.165, 1.54) is 5.56 Å². The predicted octanol–water partition coefficient (Wildman–Crippen LogP) is 3.76. The molecule has 0 amide bonds. The van der Waals surface area contributed by atoms with Crippen molar-refractivity contribution in [2.45, 2.75) is 39.0 Å². The molecular formula is C21H25N3O4S. The Balaban J connectivity index is 1.85. The van der Waals surface area contributed by atoms with Crippen LogP contribution in [-0.4, -0.2) is 35.3 Å². The summed E-state index contributed by atoms with van der Waals surface area (Å²) in [6, 6.07) is 13.5. The number of carbonyl (C=O) groups is 1. The fourth-order valence-corrected chi connectivity index (χ4v) is 3.91. The van der Waals surface area contributed by atoms with E-state index in [0.717, 1.165) is 48.1 Å². The Morgan fingerprint density at radius 2 is 1.86 bits per heavy atom. The second kappa shape index (κ2) is 8.65. The highest BCUT2D eigenvalue weighted by atomic mass is 32.2. The lowest BCUT2D eigenvalue weighted by Gasteiger charge is -2.10. The number of carboxylic acids is 1. The first-order chi connectivity index (χ1) is 13.8. The smallest absolute Gasteiger partial charge is 0.303 e. The maximum absolute atomic E-state index is 11.5. The molecule has 0 aliphatic heterocycles. The molecule has 0 spiro atoms. The molecule has 0 fully saturated rings. The van der Waals surface area contributed by atoms with Crippen molar-refractivity contribution in [3.05, 3.63) is 53.9 Å². The Morgan fingerprint density at radius 3 is 2.48 bits per heavy atom. The normalized spacial score (nSPS) is 11.7. The molecule has 0 atom stereocenters. The molecule has 2 N–H and O–H groups in total. The number of hydrogen-bond donors (Lipinski definition) is 2. The number of rotatable bonds is 9. The number of anilines is 1. The van der Waals surface area contributed by atoms with E-state index in [1.807, 2.05) is 25.1 Å². The summed E-state index contributed by atoms with van der Waals surface area (Å²) in [6.07, 6.45) is 4.43. The molecule has 7 nitrogen and oxygen atoms in total. The summed E-state index contributed by atoms with van der Waals surface area (Å²) in [5.74, 6) is 0.139. The minimum atomic E-state index is -3.34. The number of aliphatic carboxylic acids is 1. The largest absolute Gasteiger partial charge is 0.481 e. The van der Waals surface area contributed by atoms with Gasteiger partial charge in [0.1, 0.15) is 5.82 Å². The lowest BCUT2D eigenvalue weighted by Crippen LogP contribution is -2.09. The summed E-state index contributed by atoms with van der Waals surface area (Å²) in [4.78, 5) is 15.3. The molecule has 2 aromatic carbocycles. The monoisotopic (exact) mass is 415 g/mol. The topological polar surface area (TPSA) is 101 Å². The van der Waals surface area contributed by atoms with Crippen molar-refractivity contribution in [1.29, 1.82) is 0 Å². The third-order valence-corrected chi connectivity index (χ3v) is 5.25. The molecule has 0 unspecified atom stereocenters. The number of unbranched alkanes of at least 4 members (excludes halogenated alkanes) is 1. The number of hydrogen-bond acceptors (Lipinski definition) is 4. The number of benzene rings is 2. The van der Waals surface area contributed by atoms with Crippen LogP contribution in [-0.2, 0) is 27.7 Å². The Hall–Kier alpha value is -2.87. The number of fused-ring (bicyclic) bond motifs is 1. The molecule has 154 valence electrons. The Kier molecular flexibility index (Phi) is 6.22. The van der Waals surface area contributed by atoms with Gasteiger partial charge in [0, 0.05) is 18.5 Å². The SMILES string of the molecule is CCc1nc2cc(NS(C)(=O)=O)ccc2n1-c1ccc(CCCCC(=O)O)cc1. The number of imidazole rings is 1. The summed E-state index contributed by atoms with van der Waals surface area (Å²) in [5, 5.41) is 8.72. The van der Waals surface area contributed by atoms with E-state index in [4.69, 9.17) is 5.11 Å². The molecule has 0 aliphatic rings. The van der Waals surface area contributed by atoms with Gasteiger partial charge in [0.05, 0.1) is 23.0 Å². The van der Waals surface area contributed by atoms with Crippen LogP contribution < -0.4 is 4.72 Å². The highest BCUT2D eigenvalue weighted by Crippen LogP contribution is 2.25. The Bertz CT molecular complexity index is 1120. The van der Waals surface area contributed by atoms with Crippen molar-refractivity contribution < 1.29 is 18.3 Å². The van der Waals surface area contributed by atoms with Crippen molar-refractivity contribution in [3.8, 4) is 5.69 Å². The molecule has 1 heterocycles. The zero-order chi connectivity index (χ0) is 21.0. The lowest BCUT2D eigenvalue weighted by molar-refractivity contribution is -0.137. The minimum absolute atomic E-state index is 0.204. The standard InChI is InChI=1S/C21H25N3O4S/c1-3-20-22-18-14-16(23-29(2,27)28)10-13-19(18)24(20)17-11-8-15(9-12-17)6-4-5-7-21(25)26/h8-14,23H,3-7H2,1-2H3,(H,25,26). The Labute approximate surface area is 170 Å². The highest BCUT2D eigenvalue weighted by Gasteiger charge is 2.13. The molecule has 0 aliphatic carbocycles. The van der Waals surface area contributed by atoms with Gasteiger partial charge >= 0.3 is 5.97 Å². The van der Waals surface area contributed by atoms with Crippen LogP contribution in [0, 0.1) is 0 Å². The van der Waals surface area contributed by atoms with Crippen LogP contribution in [0.4, 0.5) is 5.69 Å². The summed E-state index contributed by atoms with van der Waals surface area (Å²) >= 11 is 0. The number of carboxylic acid groups (broad SMARTS) is 1. The van der Waals surface area contributed by atoms with Gasteiger partial charge in [-0.3, -0.25) is 14.1 Å². The summed E-state index contributed by atoms with van der Waals surface area (Å²) in [6.45, 7) is 2.03. The van der Waals surface area contributed by atoms with Gasteiger partial charge < -0.3 is 5.11 Å². The van der Waals surface area contributed by atoms with Crippen LogP contribution in [0.2, 0.25) is 0 Å². The van der Waals surface area contributed by atoms with Crippen LogP contribution in [0.15, 0.2) is 42.5 Å². The third kappa shape index (κ3) is 5.35. The van der Waals surface area contributed by atoms with Gasteiger partial charge in [-0.05, 0) is 55.2 Å². The van der Waals surface area contributed by atoms with E-state index in [9.17, 15) is 13.2 Å². The first-order valence-corrected chi connectivity index (χ1v) is 11.5. The summed E-state index contributed by atoms with van der Waals surface area (Å²) in [7, 11) is -3.34. The number of nitrogens with one attached hydrogen (secondary N) is 1. The summed E-state index contributed by atoms with van der Waals surface area (Å²) < 4.78 is 27.5. The van der Waals surface area contributed by atoms with E-state index in [1.54, 1.807) is 12.1 Å². The highest BCUT2D eigenvalue weighted by molar-refractivity contribution is 7.92. The molecule has 0 saturated heterocycles. The van der Waals surface area contributed by atoms with Crippen LogP contribution in [0.5, 0.6) is 0 Å². The van der Waals surface area contributed by atoms with E-state index >= 15 is 0 Å². The number of aromatic nitrogens is 2.